The molecule has 6 heteroatoms. The van der Waals surface area contributed by atoms with Crippen LogP contribution in [0.1, 0.15) is 60.3 Å². The van der Waals surface area contributed by atoms with Crippen LogP contribution in [0.4, 0.5) is 11.4 Å². The smallest absolute Gasteiger partial charge is 0.306 e. The number of fused-ring (bicyclic) bond motifs is 1. The fourth-order valence-corrected chi connectivity index (χ4v) is 5.26. The third kappa shape index (κ3) is 9.17. The Kier molecular flexibility index (Phi) is 14.9. The average molecular weight is 492 g/mol. The molecule has 1 aliphatic heterocycles. The van der Waals surface area contributed by atoms with Gasteiger partial charge >= 0.3 is 5.97 Å². The molecule has 1 heterocycles. The number of nitrogens with zero attached hydrogens (tertiary/aromatic N) is 1. The summed E-state index contributed by atoms with van der Waals surface area (Å²) in [5, 5.41) is 8.91. The van der Waals surface area contributed by atoms with Crippen LogP contribution in [0.15, 0.2) is 52.3 Å². The molecule has 0 fully saturated rings. The molecule has 0 spiro atoms. The molecular formula is C27H41NO3S2. The molecule has 2 aromatic carbocycles. The Hall–Kier alpha value is -1.79. The normalized spacial score (nSPS) is 14.6. The van der Waals surface area contributed by atoms with Crippen LogP contribution in [0.3, 0.4) is 0 Å². The van der Waals surface area contributed by atoms with Crippen LogP contribution in [0, 0.1) is 5.92 Å². The number of rotatable bonds is 9. The van der Waals surface area contributed by atoms with Crippen molar-refractivity contribution in [1.82, 2.24) is 0 Å². The fraction of sp³-hybridized carbons (Fsp3) is 0.519. The van der Waals surface area contributed by atoms with E-state index in [9.17, 15) is 4.79 Å². The van der Waals surface area contributed by atoms with Crippen LogP contribution in [-0.2, 0) is 4.79 Å². The first-order valence-corrected chi connectivity index (χ1v) is 14.4. The molecule has 0 radical (unpaired) electrons. The van der Waals surface area contributed by atoms with Gasteiger partial charge in [0.2, 0.25) is 0 Å². The molecule has 184 valence electrons. The molecule has 0 bridgehead atoms. The molecule has 33 heavy (non-hydrogen) atoms. The Morgan fingerprint density at radius 3 is 2.48 bits per heavy atom. The molecular weight excluding hydrogens is 450 g/mol. The lowest BCUT2D eigenvalue weighted by atomic mass is 10.0. The van der Waals surface area contributed by atoms with E-state index in [-0.39, 0.29) is 13.0 Å². The molecule has 1 aliphatic rings. The molecule has 1 atom stereocenters. The molecule has 0 saturated carbocycles. The number of para-hydroxylation sites is 1. The molecule has 4 nitrogen and oxygen atoms in total. The maximum atomic E-state index is 10.8. The average Bonchev–Trinajstić information content (AvgIpc) is 3.04. The topological polar surface area (TPSA) is 49.8 Å². The highest BCUT2D eigenvalue weighted by Crippen LogP contribution is 2.45. The van der Waals surface area contributed by atoms with Crippen LogP contribution < -0.4 is 9.64 Å². The first kappa shape index (κ1) is 29.2. The minimum Gasteiger partial charge on any atom is -0.492 e. The monoisotopic (exact) mass is 491 g/mol. The van der Waals surface area contributed by atoms with Gasteiger partial charge in [0.05, 0.1) is 23.6 Å². The zero-order valence-electron chi connectivity index (χ0n) is 21.1. The maximum Gasteiger partial charge on any atom is 0.306 e. The van der Waals surface area contributed by atoms with E-state index < -0.39 is 5.97 Å². The van der Waals surface area contributed by atoms with Crippen molar-refractivity contribution in [2.24, 2.45) is 5.92 Å². The van der Waals surface area contributed by atoms with Crippen molar-refractivity contribution in [3.05, 3.63) is 42.5 Å². The van der Waals surface area contributed by atoms with Gasteiger partial charge in [0.25, 0.3) is 0 Å². The van der Waals surface area contributed by atoms with Crippen molar-refractivity contribution in [2.45, 2.75) is 70.1 Å². The molecule has 3 rings (SSSR count). The van der Waals surface area contributed by atoms with E-state index in [2.05, 4.69) is 54.3 Å². The summed E-state index contributed by atoms with van der Waals surface area (Å²) in [5.41, 5.74) is 2.43. The Morgan fingerprint density at radius 1 is 1.18 bits per heavy atom. The summed E-state index contributed by atoms with van der Waals surface area (Å²) in [4.78, 5) is 15.5. The summed E-state index contributed by atoms with van der Waals surface area (Å²) in [7, 11) is 0. The standard InChI is InChI=1S/C23H29NO3S2.2C2H6/c1-3-4-8-17-15-24(18-9-6-5-7-10-18)19-13-22(28-2)20(14-21(19)29-16-17)27-12-11-23(25)26;2*1-2/h5-7,9-10,13-14,17H,3-4,8,11-12,15-16H2,1-2H3,(H,25,26);2*1-2H3. The van der Waals surface area contributed by atoms with Crippen molar-refractivity contribution in [2.75, 3.05) is 30.1 Å². The largest absolute Gasteiger partial charge is 0.492 e. The number of ether oxygens (including phenoxy) is 1. The molecule has 1 unspecified atom stereocenters. The number of benzene rings is 2. The summed E-state index contributed by atoms with van der Waals surface area (Å²) >= 11 is 3.53. The van der Waals surface area contributed by atoms with E-state index in [1.807, 2.05) is 45.7 Å². The second kappa shape index (κ2) is 16.8. The highest BCUT2D eigenvalue weighted by atomic mass is 32.2. The molecule has 0 amide bonds. The van der Waals surface area contributed by atoms with Gasteiger partial charge in [-0.25, -0.2) is 0 Å². The summed E-state index contributed by atoms with van der Waals surface area (Å²) in [6, 6.07) is 14.9. The summed E-state index contributed by atoms with van der Waals surface area (Å²) in [6.45, 7) is 11.4. The molecule has 0 saturated heterocycles. The summed E-state index contributed by atoms with van der Waals surface area (Å²) in [5.74, 6) is 1.66. The van der Waals surface area contributed by atoms with Gasteiger partial charge in [0.1, 0.15) is 5.75 Å². The maximum absolute atomic E-state index is 10.8. The number of hydrogen-bond donors (Lipinski definition) is 1. The van der Waals surface area contributed by atoms with E-state index in [1.54, 1.807) is 11.8 Å². The molecule has 2 aromatic rings. The number of unbranched alkanes of at least 4 members (excludes halogenated alkanes) is 1. The second-order valence-corrected chi connectivity index (χ2v) is 9.14. The number of carboxylic acid groups (broad SMARTS) is 1. The van der Waals surface area contributed by atoms with Gasteiger partial charge in [0.15, 0.2) is 0 Å². The minimum absolute atomic E-state index is 0.00722. The Bertz CT molecular complexity index is 815. The van der Waals surface area contributed by atoms with Crippen LogP contribution in [0.5, 0.6) is 5.75 Å². The third-order valence-corrected chi connectivity index (χ3v) is 7.09. The number of anilines is 2. The van der Waals surface area contributed by atoms with E-state index in [1.165, 1.54) is 35.5 Å². The summed E-state index contributed by atoms with van der Waals surface area (Å²) in [6.07, 6.45) is 5.75. The van der Waals surface area contributed by atoms with Crippen molar-refractivity contribution in [3.8, 4) is 5.75 Å². The minimum atomic E-state index is -0.839. The third-order valence-electron chi connectivity index (χ3n) is 5.06. The zero-order valence-corrected chi connectivity index (χ0v) is 22.7. The van der Waals surface area contributed by atoms with Gasteiger partial charge in [-0.3, -0.25) is 4.79 Å². The van der Waals surface area contributed by atoms with E-state index in [4.69, 9.17) is 9.84 Å². The highest BCUT2D eigenvalue weighted by molar-refractivity contribution is 7.99. The lowest BCUT2D eigenvalue weighted by Crippen LogP contribution is -2.25. The highest BCUT2D eigenvalue weighted by Gasteiger charge is 2.25. The van der Waals surface area contributed by atoms with Gasteiger partial charge in [-0.1, -0.05) is 65.7 Å². The van der Waals surface area contributed by atoms with Gasteiger partial charge in [-0.2, -0.15) is 0 Å². The van der Waals surface area contributed by atoms with Crippen molar-refractivity contribution in [3.63, 3.8) is 0 Å². The second-order valence-electron chi connectivity index (χ2n) is 7.23. The Balaban J connectivity index is 0.00000129. The number of hydrogen-bond acceptors (Lipinski definition) is 5. The molecule has 1 N–H and O–H groups in total. The van der Waals surface area contributed by atoms with Gasteiger partial charge in [-0.15, -0.1) is 23.5 Å². The van der Waals surface area contributed by atoms with E-state index in [0.29, 0.717) is 5.92 Å². The number of carboxylic acids is 1. The Labute approximate surface area is 209 Å². The van der Waals surface area contributed by atoms with Crippen LogP contribution in [-0.4, -0.2) is 36.2 Å². The van der Waals surface area contributed by atoms with Gasteiger partial charge in [-0.05, 0) is 42.9 Å². The number of thioether (sulfide) groups is 2. The number of carbonyl (C=O) groups is 1. The lowest BCUT2D eigenvalue weighted by Gasteiger charge is -2.28. The van der Waals surface area contributed by atoms with Crippen LogP contribution >= 0.6 is 23.5 Å². The first-order valence-electron chi connectivity index (χ1n) is 12.1. The Morgan fingerprint density at radius 2 is 1.88 bits per heavy atom. The first-order chi connectivity index (χ1) is 16.1. The predicted octanol–water partition coefficient (Wildman–Crippen LogP) is 8.36. The molecule has 0 aromatic heterocycles. The lowest BCUT2D eigenvalue weighted by molar-refractivity contribution is -0.137. The summed E-state index contributed by atoms with van der Waals surface area (Å²) < 4.78 is 5.84. The van der Waals surface area contributed by atoms with Gasteiger partial charge in [0, 0.05) is 22.9 Å². The van der Waals surface area contributed by atoms with Crippen LogP contribution in [0.25, 0.3) is 0 Å². The van der Waals surface area contributed by atoms with Crippen LogP contribution in [0.2, 0.25) is 0 Å². The number of aliphatic carboxylic acids is 1. The quantitative estimate of drug-likeness (QED) is 0.356. The van der Waals surface area contributed by atoms with Gasteiger partial charge < -0.3 is 14.7 Å². The van der Waals surface area contributed by atoms with Crippen molar-refractivity contribution in [1.29, 1.82) is 0 Å². The SMILES string of the molecule is CC.CC.CCCCC1CSc2cc(OCCC(=O)O)c(SC)cc2N(c2ccccc2)C1. The van der Waals surface area contributed by atoms with E-state index in [0.717, 1.165) is 22.9 Å². The fourth-order valence-electron chi connectivity index (χ4n) is 3.51. The molecule has 0 aliphatic carbocycles. The van der Waals surface area contributed by atoms with E-state index >= 15 is 0 Å². The zero-order chi connectivity index (χ0) is 24.6. The van der Waals surface area contributed by atoms with Crippen molar-refractivity contribution >= 4 is 40.9 Å². The van der Waals surface area contributed by atoms with Crippen molar-refractivity contribution < 1.29 is 14.6 Å². The predicted molar refractivity (Wildman–Crippen MR) is 146 cm³/mol.